The van der Waals surface area contributed by atoms with Gasteiger partial charge in [0, 0.05) is 18.4 Å². The van der Waals surface area contributed by atoms with E-state index in [-0.39, 0.29) is 24.3 Å². The fourth-order valence-corrected chi connectivity index (χ4v) is 2.71. The number of nitrogens with one attached hydrogen (secondary N) is 1. The molecule has 0 unspecified atom stereocenters. The molecule has 1 aromatic heterocycles. The van der Waals surface area contributed by atoms with Crippen LogP contribution in [-0.4, -0.2) is 33.4 Å². The van der Waals surface area contributed by atoms with Crippen LogP contribution in [0.2, 0.25) is 0 Å². The zero-order valence-corrected chi connectivity index (χ0v) is 13.4. The van der Waals surface area contributed by atoms with Crippen molar-refractivity contribution in [1.29, 1.82) is 0 Å². The maximum absolute atomic E-state index is 13.0. The molecule has 1 N–H and O–H groups in total. The molecule has 1 amide bonds. The number of carbonyl (C=O) groups is 1. The Morgan fingerprint density at radius 3 is 2.71 bits per heavy atom. The van der Waals surface area contributed by atoms with Gasteiger partial charge in [-0.3, -0.25) is 14.3 Å². The first kappa shape index (κ1) is 16.6. The smallest absolute Gasteiger partial charge is 0.319 e. The molecule has 0 spiro atoms. The molecule has 24 heavy (non-hydrogen) atoms. The number of amides is 1. The lowest BCUT2D eigenvalue weighted by atomic mass is 10.0. The maximum Gasteiger partial charge on any atom is 0.319 e. The minimum absolute atomic E-state index is 0.110. The Labute approximate surface area is 139 Å². The van der Waals surface area contributed by atoms with Gasteiger partial charge in [0.15, 0.2) is 0 Å². The van der Waals surface area contributed by atoms with Gasteiger partial charge in [0.05, 0.1) is 6.54 Å². The van der Waals surface area contributed by atoms with E-state index in [0.717, 1.165) is 23.0 Å². The zero-order valence-electron chi connectivity index (χ0n) is 13.4. The van der Waals surface area contributed by atoms with Crippen LogP contribution in [0.15, 0.2) is 42.7 Å². The number of benzene rings is 1. The molecule has 1 saturated carbocycles. The third-order valence-corrected chi connectivity index (χ3v) is 4.08. The van der Waals surface area contributed by atoms with Gasteiger partial charge in [-0.25, -0.2) is 4.98 Å². The van der Waals surface area contributed by atoms with Crippen molar-refractivity contribution in [3.63, 3.8) is 0 Å². The third kappa shape index (κ3) is 3.79. The van der Waals surface area contributed by atoms with E-state index in [2.05, 4.69) is 10.3 Å². The van der Waals surface area contributed by atoms with Gasteiger partial charge >= 0.3 is 6.55 Å². The van der Waals surface area contributed by atoms with Crippen LogP contribution in [0.5, 0.6) is 0 Å². The van der Waals surface area contributed by atoms with Gasteiger partial charge in [0.25, 0.3) is 0 Å². The van der Waals surface area contributed by atoms with Crippen LogP contribution in [0.1, 0.15) is 36.8 Å². The number of aromatic nitrogens is 2. The molecule has 1 fully saturated rings. The molecular formula is C17H20F2N4O. The van der Waals surface area contributed by atoms with Crippen molar-refractivity contribution >= 4 is 5.91 Å². The quantitative estimate of drug-likeness (QED) is 0.847. The highest BCUT2D eigenvalue weighted by Crippen LogP contribution is 2.25. The summed E-state index contributed by atoms with van der Waals surface area (Å²) in [5.41, 5.74) is 0.827. The number of alkyl halides is 2. The molecule has 0 bridgehead atoms. The van der Waals surface area contributed by atoms with Gasteiger partial charge < -0.3 is 5.32 Å². The number of hydrogen-bond acceptors (Lipinski definition) is 3. The summed E-state index contributed by atoms with van der Waals surface area (Å²) in [6.45, 7) is -2.50. The Hall–Kier alpha value is -2.28. The molecule has 0 saturated heterocycles. The van der Waals surface area contributed by atoms with Gasteiger partial charge in [0.2, 0.25) is 5.91 Å². The number of imidazole rings is 1. The molecule has 7 heteroatoms. The predicted molar refractivity (Wildman–Crippen MR) is 85.3 cm³/mol. The number of nitrogens with zero attached hydrogens (tertiary/aromatic N) is 3. The summed E-state index contributed by atoms with van der Waals surface area (Å²) in [5.74, 6) is 0.119. The van der Waals surface area contributed by atoms with Gasteiger partial charge in [-0.15, -0.1) is 0 Å². The lowest BCUT2D eigenvalue weighted by molar-refractivity contribution is -0.126. The van der Waals surface area contributed by atoms with E-state index in [1.165, 1.54) is 12.4 Å². The average Bonchev–Trinajstić information content (AvgIpc) is 3.23. The van der Waals surface area contributed by atoms with Crippen molar-refractivity contribution in [2.75, 3.05) is 7.05 Å². The normalized spacial score (nSPS) is 15.7. The fourth-order valence-electron chi connectivity index (χ4n) is 2.71. The summed E-state index contributed by atoms with van der Waals surface area (Å²) in [6.07, 6.45) is 4.58. The van der Waals surface area contributed by atoms with Gasteiger partial charge in [-0.2, -0.15) is 8.78 Å². The number of carbonyl (C=O) groups excluding carboxylic acids is 1. The second-order valence-electron chi connectivity index (χ2n) is 6.04. The van der Waals surface area contributed by atoms with Crippen molar-refractivity contribution in [1.82, 2.24) is 19.8 Å². The van der Waals surface area contributed by atoms with Crippen molar-refractivity contribution in [2.24, 2.45) is 0 Å². The summed E-state index contributed by atoms with van der Waals surface area (Å²) >= 11 is 0. The number of halogens is 2. The topological polar surface area (TPSA) is 50.2 Å². The summed E-state index contributed by atoms with van der Waals surface area (Å²) in [6, 6.07) is 9.03. The van der Waals surface area contributed by atoms with Crippen molar-refractivity contribution in [2.45, 2.75) is 38.0 Å². The van der Waals surface area contributed by atoms with Crippen molar-refractivity contribution < 1.29 is 13.6 Å². The summed E-state index contributed by atoms with van der Waals surface area (Å²) in [7, 11) is 1.74. The van der Waals surface area contributed by atoms with Crippen molar-refractivity contribution in [3.8, 4) is 0 Å². The maximum atomic E-state index is 13.0. The molecule has 1 atom stereocenters. The summed E-state index contributed by atoms with van der Waals surface area (Å²) in [5, 5.41) is 2.99. The molecule has 0 radical (unpaired) electrons. The minimum Gasteiger partial charge on any atom is -0.352 e. The highest BCUT2D eigenvalue weighted by molar-refractivity contribution is 5.83. The molecule has 2 aromatic rings. The Morgan fingerprint density at radius 2 is 2.08 bits per heavy atom. The third-order valence-electron chi connectivity index (χ3n) is 4.08. The number of hydrogen-bond donors (Lipinski definition) is 1. The molecule has 1 heterocycles. The molecular weight excluding hydrogens is 314 g/mol. The largest absolute Gasteiger partial charge is 0.352 e. The molecule has 1 aromatic carbocycles. The molecule has 3 rings (SSSR count). The highest BCUT2D eigenvalue weighted by Gasteiger charge is 2.31. The SMILES string of the molecule is CN(Cc1nccn1C(F)F)[C@H](C(=O)NC1CC1)c1ccccc1. The lowest BCUT2D eigenvalue weighted by Crippen LogP contribution is -2.39. The Balaban J connectivity index is 1.81. The van der Waals surface area contributed by atoms with E-state index in [0.29, 0.717) is 0 Å². The summed E-state index contributed by atoms with van der Waals surface area (Å²) < 4.78 is 26.8. The molecule has 1 aliphatic rings. The van der Waals surface area contributed by atoms with E-state index in [1.807, 2.05) is 30.3 Å². The Kier molecular flexibility index (Phi) is 4.89. The monoisotopic (exact) mass is 334 g/mol. The van der Waals surface area contributed by atoms with Gasteiger partial charge in [0.1, 0.15) is 11.9 Å². The first-order chi connectivity index (χ1) is 11.6. The molecule has 1 aliphatic carbocycles. The van der Waals surface area contributed by atoms with Crippen LogP contribution in [0.4, 0.5) is 8.78 Å². The Bertz CT molecular complexity index is 685. The van der Waals surface area contributed by atoms with E-state index >= 15 is 0 Å². The molecule has 5 nitrogen and oxygen atoms in total. The first-order valence-corrected chi connectivity index (χ1v) is 7.91. The van der Waals surface area contributed by atoms with Crippen LogP contribution in [0.3, 0.4) is 0 Å². The second kappa shape index (κ2) is 7.09. The predicted octanol–water partition coefficient (Wildman–Crippen LogP) is 2.73. The van der Waals surface area contributed by atoms with Gasteiger partial charge in [-0.1, -0.05) is 30.3 Å². The Morgan fingerprint density at radius 1 is 1.38 bits per heavy atom. The molecule has 0 aliphatic heterocycles. The van der Waals surface area contributed by atoms with Crippen LogP contribution in [0, 0.1) is 0 Å². The average molecular weight is 334 g/mol. The van der Waals surface area contributed by atoms with Crippen LogP contribution >= 0.6 is 0 Å². The van der Waals surface area contributed by atoms with E-state index in [1.54, 1.807) is 11.9 Å². The van der Waals surface area contributed by atoms with Gasteiger partial charge in [-0.05, 0) is 25.5 Å². The lowest BCUT2D eigenvalue weighted by Gasteiger charge is -2.27. The van der Waals surface area contributed by atoms with E-state index in [9.17, 15) is 13.6 Å². The highest BCUT2D eigenvalue weighted by atomic mass is 19.3. The number of rotatable bonds is 7. The fraction of sp³-hybridized carbons (Fsp3) is 0.412. The van der Waals surface area contributed by atoms with Crippen molar-refractivity contribution in [3.05, 3.63) is 54.1 Å². The second-order valence-corrected chi connectivity index (χ2v) is 6.04. The minimum atomic E-state index is -2.65. The summed E-state index contributed by atoms with van der Waals surface area (Å²) in [4.78, 5) is 18.4. The zero-order chi connectivity index (χ0) is 17.1. The first-order valence-electron chi connectivity index (χ1n) is 7.91. The standard InChI is InChI=1S/C17H20F2N4O/c1-22(11-14-20-9-10-23(14)17(18)19)15(12-5-3-2-4-6-12)16(24)21-13-7-8-13/h2-6,9-10,13,15,17H,7-8,11H2,1H3,(H,21,24)/t15-/m0/s1. The van der Waals surface area contributed by atoms with E-state index in [4.69, 9.17) is 0 Å². The van der Waals surface area contributed by atoms with Crippen LogP contribution < -0.4 is 5.32 Å². The molecule has 128 valence electrons. The van der Waals surface area contributed by atoms with E-state index < -0.39 is 12.6 Å². The van der Waals surface area contributed by atoms with Crippen LogP contribution in [-0.2, 0) is 11.3 Å². The number of likely N-dealkylation sites (N-methyl/N-ethyl adjacent to an activating group) is 1. The van der Waals surface area contributed by atoms with Crippen LogP contribution in [0.25, 0.3) is 0 Å².